The molecule has 2 saturated heterocycles. The smallest absolute Gasteiger partial charge is 0.382 e. The first kappa shape index (κ1) is 31.3. The van der Waals surface area contributed by atoms with Crippen molar-refractivity contribution in [3.8, 4) is 0 Å². The maximum absolute atomic E-state index is 15.0. The molecule has 0 bridgehead atoms. The molecule has 2 fully saturated rings. The predicted molar refractivity (Wildman–Crippen MR) is 156 cm³/mol. The number of hydrogen-bond acceptors (Lipinski definition) is 15. The Bertz CT molecular complexity index is 1860. The van der Waals surface area contributed by atoms with Gasteiger partial charge in [-0.1, -0.05) is 24.5 Å². The standard InChI is InChI=1S/C20H25FN10O9P2S2/c21-9-1-8(38-19(9)31-7-26-13-15(22)24-5-25-16(13)31)3-37-42(35,44)40-10-2-12(39-11(10)4-36-41(33,34)43)30-6-27-14-17(30)28-20(23)29-18(14)32/h5-12,19H,1-4H2,(H,35,44)(H2,22,24,25)(H2,33,34,43)(H3,23,28,29,32)/t8?,9-,10+,11?,12?,19?,42?/m1/s1. The van der Waals surface area contributed by atoms with E-state index in [2.05, 4.69) is 54.4 Å². The Labute approximate surface area is 256 Å². The minimum Gasteiger partial charge on any atom is -0.382 e. The van der Waals surface area contributed by atoms with Crippen LogP contribution in [0.4, 0.5) is 16.2 Å². The van der Waals surface area contributed by atoms with Gasteiger partial charge in [0.15, 0.2) is 28.9 Å². The number of nitrogens with one attached hydrogen (secondary N) is 1. The summed E-state index contributed by atoms with van der Waals surface area (Å²) in [6.07, 6.45) is -2.81. The number of halogens is 1. The zero-order chi connectivity index (χ0) is 31.4. The molecule has 6 N–H and O–H groups in total. The van der Waals surface area contributed by atoms with Crippen LogP contribution in [0.25, 0.3) is 22.3 Å². The molecule has 238 valence electrons. The van der Waals surface area contributed by atoms with Crippen molar-refractivity contribution >= 4 is 72.2 Å². The van der Waals surface area contributed by atoms with Gasteiger partial charge in [0.1, 0.15) is 36.5 Å². The van der Waals surface area contributed by atoms with Crippen LogP contribution in [0.5, 0.6) is 0 Å². The third kappa shape index (κ3) is 6.50. The lowest BCUT2D eigenvalue weighted by Gasteiger charge is -2.23. The molecule has 4 aromatic heterocycles. The number of ether oxygens (including phenoxy) is 2. The molecule has 8 atom stereocenters. The monoisotopic (exact) mass is 694 g/mol. The highest BCUT2D eigenvalue weighted by molar-refractivity contribution is 8.44. The minimum atomic E-state index is -4.23. The average Bonchev–Trinajstić information content (AvgIpc) is 3.71. The van der Waals surface area contributed by atoms with Gasteiger partial charge in [0.25, 0.3) is 5.56 Å². The lowest BCUT2D eigenvalue weighted by atomic mass is 10.2. The number of aromatic amines is 1. The van der Waals surface area contributed by atoms with E-state index in [1.807, 2.05) is 0 Å². The van der Waals surface area contributed by atoms with E-state index in [0.717, 1.165) is 0 Å². The molecule has 19 nitrogen and oxygen atoms in total. The summed E-state index contributed by atoms with van der Waals surface area (Å²) in [5.74, 6) is -0.0338. The van der Waals surface area contributed by atoms with E-state index in [1.165, 1.54) is 28.1 Å². The van der Waals surface area contributed by atoms with E-state index in [-0.39, 0.29) is 53.5 Å². The number of imidazole rings is 2. The highest BCUT2D eigenvalue weighted by Crippen LogP contribution is 2.57. The van der Waals surface area contributed by atoms with Crippen LogP contribution in [0.1, 0.15) is 25.3 Å². The van der Waals surface area contributed by atoms with Crippen molar-refractivity contribution in [2.75, 3.05) is 24.7 Å². The van der Waals surface area contributed by atoms with Crippen LogP contribution in [0, 0.1) is 0 Å². The first-order chi connectivity index (χ1) is 20.8. The summed E-state index contributed by atoms with van der Waals surface area (Å²) >= 11 is 7.56. The maximum Gasteiger partial charge on any atom is 0.386 e. The molecule has 0 spiro atoms. The number of fused-ring (bicyclic) bond motifs is 2. The highest BCUT2D eigenvalue weighted by Gasteiger charge is 2.44. The number of nitrogens with zero attached hydrogens (tertiary/aromatic N) is 7. The Kier molecular flexibility index (Phi) is 8.50. The zero-order valence-electron chi connectivity index (χ0n) is 22.2. The van der Waals surface area contributed by atoms with E-state index < -0.39 is 62.7 Å². The first-order valence-corrected chi connectivity index (χ1v) is 18.2. The number of aromatic nitrogens is 8. The molecule has 0 aliphatic carbocycles. The van der Waals surface area contributed by atoms with E-state index >= 15 is 4.39 Å². The summed E-state index contributed by atoms with van der Waals surface area (Å²) in [6, 6.07) is 0. The lowest BCUT2D eigenvalue weighted by Crippen LogP contribution is -2.28. The fourth-order valence-corrected chi connectivity index (χ4v) is 7.03. The minimum absolute atomic E-state index is 0.0148. The molecule has 0 radical (unpaired) electrons. The zero-order valence-corrected chi connectivity index (χ0v) is 25.8. The average molecular weight is 695 g/mol. The van der Waals surface area contributed by atoms with E-state index in [4.69, 9.17) is 34.5 Å². The van der Waals surface area contributed by atoms with Gasteiger partial charge in [0, 0.05) is 12.8 Å². The van der Waals surface area contributed by atoms with Gasteiger partial charge in [-0.05, 0) is 0 Å². The van der Waals surface area contributed by atoms with Crippen LogP contribution < -0.4 is 17.0 Å². The summed E-state index contributed by atoms with van der Waals surface area (Å²) in [5, 5.41) is 0. The van der Waals surface area contributed by atoms with Crippen LogP contribution in [-0.4, -0.2) is 81.6 Å². The summed E-state index contributed by atoms with van der Waals surface area (Å²) in [5.41, 5.74) is 11.5. The van der Waals surface area contributed by atoms with Gasteiger partial charge in [0.2, 0.25) is 5.95 Å². The highest BCUT2D eigenvalue weighted by atomic mass is 32.7. The van der Waals surface area contributed by atoms with Gasteiger partial charge in [-0.3, -0.25) is 32.5 Å². The quantitative estimate of drug-likeness (QED) is 0.102. The normalized spacial score (nSPS) is 28.5. The first-order valence-electron chi connectivity index (χ1n) is 12.7. The number of thiol groups is 2. The molecular formula is C20H25FN10O9P2S2. The molecule has 24 heteroatoms. The van der Waals surface area contributed by atoms with Gasteiger partial charge < -0.3 is 25.8 Å². The third-order valence-corrected chi connectivity index (χ3v) is 9.30. The fourth-order valence-electron chi connectivity index (χ4n) is 4.94. The topological polar surface area (TPSA) is 260 Å². The molecule has 6 rings (SSSR count). The Morgan fingerprint density at radius 3 is 2.57 bits per heavy atom. The van der Waals surface area contributed by atoms with Crippen molar-refractivity contribution in [2.45, 2.75) is 49.8 Å². The second-order valence-electron chi connectivity index (χ2n) is 9.82. The van der Waals surface area contributed by atoms with Crippen molar-refractivity contribution in [3.63, 3.8) is 0 Å². The van der Waals surface area contributed by atoms with Gasteiger partial charge in [-0.25, -0.2) is 33.5 Å². The summed E-state index contributed by atoms with van der Waals surface area (Å²) in [7, 11) is 0. The van der Waals surface area contributed by atoms with Crippen LogP contribution >= 0.6 is 38.1 Å². The summed E-state index contributed by atoms with van der Waals surface area (Å²) in [6.45, 7) is -9.27. The Hall–Kier alpha value is -2.65. The number of nitrogen functional groups attached to an aromatic ring is 2. The van der Waals surface area contributed by atoms with Crippen LogP contribution in [0.15, 0.2) is 23.8 Å². The van der Waals surface area contributed by atoms with Crippen LogP contribution in [0.3, 0.4) is 0 Å². The molecule has 2 aliphatic rings. The largest absolute Gasteiger partial charge is 0.386 e. The molecule has 0 aromatic carbocycles. The fraction of sp³-hybridized carbons (Fsp3) is 0.500. The number of alkyl halides is 1. The molecule has 2 aliphatic heterocycles. The van der Waals surface area contributed by atoms with E-state index in [1.54, 1.807) is 0 Å². The predicted octanol–water partition coefficient (Wildman–Crippen LogP) is 1.52. The Morgan fingerprint density at radius 1 is 1.05 bits per heavy atom. The van der Waals surface area contributed by atoms with Crippen molar-refractivity contribution in [2.24, 2.45) is 0 Å². The molecule has 0 saturated carbocycles. The van der Waals surface area contributed by atoms with E-state index in [9.17, 15) is 18.8 Å². The molecular weight excluding hydrogens is 669 g/mol. The Morgan fingerprint density at radius 2 is 1.80 bits per heavy atom. The lowest BCUT2D eigenvalue weighted by molar-refractivity contribution is -0.0418. The molecule has 6 unspecified atom stereocenters. The van der Waals surface area contributed by atoms with Crippen LogP contribution in [0.2, 0.25) is 0 Å². The Balaban J connectivity index is 1.14. The van der Waals surface area contributed by atoms with Gasteiger partial charge in [0.05, 0.1) is 32.0 Å². The van der Waals surface area contributed by atoms with Gasteiger partial charge >= 0.3 is 13.6 Å². The second-order valence-corrected chi connectivity index (χ2v) is 15.4. The summed E-state index contributed by atoms with van der Waals surface area (Å²) < 4.78 is 70.5. The van der Waals surface area contributed by atoms with Gasteiger partial charge in [-0.15, -0.1) is 0 Å². The van der Waals surface area contributed by atoms with Gasteiger partial charge in [-0.2, -0.15) is 4.98 Å². The number of H-pyrrole nitrogens is 1. The molecule has 6 heterocycles. The molecule has 0 amide bonds. The number of hydrogen-bond donors (Lipinski definition) is 6. The number of nitrogens with two attached hydrogens (primary N) is 2. The van der Waals surface area contributed by atoms with Crippen molar-refractivity contribution in [1.82, 2.24) is 39.0 Å². The third-order valence-electron chi connectivity index (χ3n) is 6.83. The molecule has 4 aromatic rings. The maximum atomic E-state index is 15.0. The van der Waals surface area contributed by atoms with Crippen molar-refractivity contribution < 1.29 is 41.5 Å². The molecule has 44 heavy (non-hydrogen) atoms. The van der Waals surface area contributed by atoms with E-state index in [0.29, 0.717) is 0 Å². The second kappa shape index (κ2) is 11.9. The van der Waals surface area contributed by atoms with Crippen molar-refractivity contribution in [3.05, 3.63) is 29.3 Å². The van der Waals surface area contributed by atoms with Crippen LogP contribution in [-0.2, 0) is 32.2 Å². The van der Waals surface area contributed by atoms with Crippen molar-refractivity contribution in [1.29, 1.82) is 0 Å². The number of rotatable bonds is 10. The summed E-state index contributed by atoms with van der Waals surface area (Å²) in [4.78, 5) is 44.2. The SMILES string of the molecule is Nc1nc2c(ncn2C2C[C@H](OP(=O)(S)OCC3C[C@@H](F)C(n4cnc5c(N)ncnc54)O3)C(COP(=O)(O)S)O2)c(=O)[nH]1. The number of anilines is 2.